The van der Waals surface area contributed by atoms with Crippen LogP contribution in [0.3, 0.4) is 0 Å². The molecule has 0 saturated carbocycles. The number of thiophene rings is 1. The zero-order valence-corrected chi connectivity index (χ0v) is 17.5. The smallest absolute Gasteiger partial charge is 0.222 e. The summed E-state index contributed by atoms with van der Waals surface area (Å²) < 4.78 is 0. The summed E-state index contributed by atoms with van der Waals surface area (Å²) >= 11 is 7.60. The van der Waals surface area contributed by atoms with E-state index < -0.39 is 0 Å². The minimum Gasteiger partial charge on any atom is -0.311 e. The Bertz CT molecular complexity index is 1190. The summed E-state index contributed by atoms with van der Waals surface area (Å²) in [5.74, 6) is 0.972. The first-order valence-corrected chi connectivity index (χ1v) is 10.2. The number of hydrogen-bond acceptors (Lipinski definition) is 6. The van der Waals surface area contributed by atoms with Gasteiger partial charge < -0.3 is 5.32 Å². The fraction of sp³-hybridized carbons (Fsp3) is 0.0952. The van der Waals surface area contributed by atoms with Crippen LogP contribution in [-0.4, -0.2) is 32.8 Å². The van der Waals surface area contributed by atoms with Gasteiger partial charge in [-0.15, -0.1) is 11.3 Å². The lowest BCUT2D eigenvalue weighted by molar-refractivity contribution is -0.114. The predicted molar refractivity (Wildman–Crippen MR) is 120 cm³/mol. The van der Waals surface area contributed by atoms with Crippen molar-refractivity contribution in [3.8, 4) is 21.1 Å². The molecule has 0 saturated heterocycles. The van der Waals surface area contributed by atoms with E-state index in [1.165, 1.54) is 13.3 Å². The summed E-state index contributed by atoms with van der Waals surface area (Å²) in [6, 6.07) is 13.0. The van der Waals surface area contributed by atoms with Gasteiger partial charge >= 0.3 is 0 Å². The van der Waals surface area contributed by atoms with Crippen molar-refractivity contribution >= 4 is 41.4 Å². The van der Waals surface area contributed by atoms with E-state index in [0.29, 0.717) is 16.7 Å². The van der Waals surface area contributed by atoms with Gasteiger partial charge in [0, 0.05) is 28.6 Å². The van der Waals surface area contributed by atoms with Gasteiger partial charge in [0.15, 0.2) is 5.82 Å². The molecule has 4 rings (SSSR count). The van der Waals surface area contributed by atoms with Crippen molar-refractivity contribution < 1.29 is 4.79 Å². The molecule has 30 heavy (non-hydrogen) atoms. The van der Waals surface area contributed by atoms with E-state index >= 15 is 0 Å². The van der Waals surface area contributed by atoms with Crippen LogP contribution in [0.1, 0.15) is 24.1 Å². The maximum atomic E-state index is 11.4. The number of nitrogens with zero attached hydrogens (tertiary/aromatic N) is 4. The van der Waals surface area contributed by atoms with E-state index in [1.54, 1.807) is 17.5 Å². The minimum atomic E-state index is -0.302. The number of nitrogens with one attached hydrogen (secondary N) is 2. The minimum absolute atomic E-state index is 0.174. The molecule has 3 aromatic heterocycles. The van der Waals surface area contributed by atoms with Crippen molar-refractivity contribution in [1.29, 1.82) is 0 Å². The Morgan fingerprint density at radius 3 is 2.70 bits per heavy atom. The Morgan fingerprint density at radius 2 is 2.03 bits per heavy atom. The molecule has 1 unspecified atom stereocenters. The first kappa shape index (κ1) is 19.9. The molecule has 7 nitrogen and oxygen atoms in total. The Balaban J connectivity index is 1.82. The monoisotopic (exact) mass is 436 g/mol. The molecule has 3 heterocycles. The van der Waals surface area contributed by atoms with Crippen LogP contribution in [0.25, 0.3) is 21.1 Å². The standard InChI is InChI=1S/C21H17ClN6OS/c1-12(29)27-18-9-14(7-8-24-18)17-10-16(20(30-17)21-25-11-26-28-21)19(23-2)13-3-5-15(22)6-4-13/h3-11,19H,2H2,1H3,(H,24,27,29)(H,25,26,28). The van der Waals surface area contributed by atoms with Crippen LogP contribution in [0.15, 0.2) is 60.0 Å². The van der Waals surface area contributed by atoms with Gasteiger partial charge in [0.2, 0.25) is 5.91 Å². The van der Waals surface area contributed by atoms with Crippen LogP contribution in [0, 0.1) is 0 Å². The van der Waals surface area contributed by atoms with Crippen molar-refractivity contribution in [2.45, 2.75) is 13.0 Å². The largest absolute Gasteiger partial charge is 0.311 e. The average Bonchev–Trinajstić information content (AvgIpc) is 3.40. The molecule has 150 valence electrons. The summed E-state index contributed by atoms with van der Waals surface area (Å²) in [6.45, 7) is 5.26. The quantitative estimate of drug-likeness (QED) is 0.416. The molecule has 0 aliphatic rings. The number of carbonyl (C=O) groups is 1. The van der Waals surface area contributed by atoms with Crippen molar-refractivity contribution in [3.63, 3.8) is 0 Å². The predicted octanol–water partition coefficient (Wildman–Crippen LogP) is 5.00. The van der Waals surface area contributed by atoms with Crippen molar-refractivity contribution in [3.05, 3.63) is 71.1 Å². The third-order valence-corrected chi connectivity index (χ3v) is 5.86. The van der Waals surface area contributed by atoms with E-state index in [9.17, 15) is 4.79 Å². The zero-order chi connectivity index (χ0) is 21.1. The van der Waals surface area contributed by atoms with Crippen molar-refractivity contribution in [2.75, 3.05) is 5.32 Å². The van der Waals surface area contributed by atoms with Crippen LogP contribution < -0.4 is 5.32 Å². The molecular formula is C21H17ClN6OS. The highest BCUT2D eigenvalue weighted by Gasteiger charge is 2.22. The van der Waals surface area contributed by atoms with E-state index in [2.05, 4.69) is 43.3 Å². The van der Waals surface area contributed by atoms with Gasteiger partial charge in [-0.1, -0.05) is 23.7 Å². The number of benzene rings is 1. The number of anilines is 1. The number of aromatic nitrogens is 4. The molecule has 0 bridgehead atoms. The second kappa shape index (κ2) is 8.56. The highest BCUT2D eigenvalue weighted by atomic mass is 35.5. The van der Waals surface area contributed by atoms with Crippen LogP contribution in [-0.2, 0) is 4.79 Å². The number of amides is 1. The number of H-pyrrole nitrogens is 1. The molecule has 0 aliphatic heterocycles. The average molecular weight is 437 g/mol. The number of aliphatic imine (C=N–C) groups is 1. The summed E-state index contributed by atoms with van der Waals surface area (Å²) in [7, 11) is 0. The fourth-order valence-electron chi connectivity index (χ4n) is 3.11. The van der Waals surface area contributed by atoms with E-state index in [0.717, 1.165) is 26.4 Å². The number of pyridine rings is 1. The zero-order valence-electron chi connectivity index (χ0n) is 16.0. The van der Waals surface area contributed by atoms with Crippen molar-refractivity contribution in [1.82, 2.24) is 20.2 Å². The Kier molecular flexibility index (Phi) is 5.69. The van der Waals surface area contributed by atoms with Gasteiger partial charge in [0.25, 0.3) is 0 Å². The van der Waals surface area contributed by atoms with E-state index in [-0.39, 0.29) is 11.9 Å². The molecule has 0 radical (unpaired) electrons. The lowest BCUT2D eigenvalue weighted by atomic mass is 9.98. The van der Waals surface area contributed by atoms with Crippen LogP contribution in [0.5, 0.6) is 0 Å². The third-order valence-electron chi connectivity index (χ3n) is 4.40. The molecule has 0 spiro atoms. The number of halogens is 1. The summed E-state index contributed by atoms with van der Waals surface area (Å²) in [5, 5.41) is 10.3. The van der Waals surface area contributed by atoms with Gasteiger partial charge in [-0.3, -0.25) is 14.9 Å². The van der Waals surface area contributed by atoms with E-state index in [4.69, 9.17) is 11.6 Å². The first-order chi connectivity index (χ1) is 14.5. The second-order valence-electron chi connectivity index (χ2n) is 6.48. The van der Waals surface area contributed by atoms with Gasteiger partial charge in [-0.05, 0) is 48.2 Å². The van der Waals surface area contributed by atoms with Gasteiger partial charge in [-0.25, -0.2) is 9.97 Å². The summed E-state index contributed by atoms with van der Waals surface area (Å²) in [6.07, 6.45) is 3.13. The van der Waals surface area contributed by atoms with Gasteiger partial charge in [0.05, 0.1) is 4.88 Å². The number of aromatic amines is 1. The number of rotatable bonds is 6. The fourth-order valence-corrected chi connectivity index (χ4v) is 4.37. The molecule has 0 aliphatic carbocycles. The SMILES string of the molecule is C=NC(c1ccc(Cl)cc1)c1cc(-c2ccnc(NC(C)=O)c2)sc1-c1ncn[nH]1. The van der Waals surface area contributed by atoms with Crippen LogP contribution >= 0.6 is 22.9 Å². The summed E-state index contributed by atoms with van der Waals surface area (Å²) in [4.78, 5) is 26.2. The maximum Gasteiger partial charge on any atom is 0.222 e. The van der Waals surface area contributed by atoms with E-state index in [1.807, 2.05) is 36.4 Å². The maximum absolute atomic E-state index is 11.4. The highest BCUT2D eigenvalue weighted by molar-refractivity contribution is 7.19. The highest BCUT2D eigenvalue weighted by Crippen LogP contribution is 2.42. The molecule has 2 N–H and O–H groups in total. The molecule has 1 atom stereocenters. The topological polar surface area (TPSA) is 95.9 Å². The second-order valence-corrected chi connectivity index (χ2v) is 7.97. The lowest BCUT2D eigenvalue weighted by Crippen LogP contribution is -2.07. The van der Waals surface area contributed by atoms with Gasteiger partial charge in [0.1, 0.15) is 18.2 Å². The van der Waals surface area contributed by atoms with Crippen molar-refractivity contribution in [2.24, 2.45) is 4.99 Å². The number of carbonyl (C=O) groups excluding carboxylic acids is 1. The summed E-state index contributed by atoms with van der Waals surface area (Å²) in [5.41, 5.74) is 2.83. The Morgan fingerprint density at radius 1 is 1.23 bits per heavy atom. The number of hydrogen-bond donors (Lipinski definition) is 2. The molecular weight excluding hydrogens is 420 g/mol. The molecule has 1 aromatic carbocycles. The normalized spacial score (nSPS) is 11.8. The molecule has 1 amide bonds. The van der Waals surface area contributed by atoms with Crippen LogP contribution in [0.4, 0.5) is 5.82 Å². The molecule has 0 fully saturated rings. The first-order valence-electron chi connectivity index (χ1n) is 9.00. The van der Waals surface area contributed by atoms with Crippen LogP contribution in [0.2, 0.25) is 5.02 Å². The van der Waals surface area contributed by atoms with Gasteiger partial charge in [-0.2, -0.15) is 5.10 Å². The Labute approximate surface area is 181 Å². The third kappa shape index (κ3) is 4.14. The lowest BCUT2D eigenvalue weighted by Gasteiger charge is -2.13. The molecule has 9 heteroatoms. The Hall–Kier alpha value is -3.36. The molecule has 4 aromatic rings.